The first-order valence-electron chi connectivity index (χ1n) is 12.0. The number of benzene rings is 1. The average molecular weight is 521 g/mol. The van der Waals surface area contributed by atoms with E-state index in [9.17, 15) is 27.6 Å². The van der Waals surface area contributed by atoms with E-state index in [0.29, 0.717) is 56.4 Å². The number of carbonyl (C=O) groups excluding carboxylic acids is 3. The third-order valence-electron chi connectivity index (χ3n) is 7.17. The molecule has 2 atom stereocenters. The summed E-state index contributed by atoms with van der Waals surface area (Å²) in [6, 6.07) is 0.431. The van der Waals surface area contributed by atoms with Gasteiger partial charge in [0.2, 0.25) is 11.8 Å². The van der Waals surface area contributed by atoms with Crippen molar-refractivity contribution >= 4 is 29.2 Å². The Balaban J connectivity index is 1.34. The molecule has 0 radical (unpaired) electrons. The lowest BCUT2D eigenvalue weighted by Gasteiger charge is -2.35. The Morgan fingerprint density at radius 1 is 1.16 bits per heavy atom. The normalized spacial score (nSPS) is 23.9. The van der Waals surface area contributed by atoms with E-state index >= 15 is 0 Å². The molecule has 0 aliphatic carbocycles. The van der Waals surface area contributed by atoms with Crippen molar-refractivity contribution in [3.05, 3.63) is 41.5 Å². The molecule has 0 bridgehead atoms. The highest BCUT2D eigenvalue weighted by atomic mass is 19.2. The Kier molecular flexibility index (Phi) is 6.34. The highest BCUT2D eigenvalue weighted by Gasteiger charge is 2.48. The van der Waals surface area contributed by atoms with Crippen LogP contribution in [0.15, 0.2) is 18.3 Å². The second kappa shape index (κ2) is 9.36. The summed E-state index contributed by atoms with van der Waals surface area (Å²) in [5.41, 5.74) is -0.0212. The monoisotopic (exact) mass is 520 g/mol. The van der Waals surface area contributed by atoms with Crippen LogP contribution in [-0.4, -0.2) is 76.3 Å². The van der Waals surface area contributed by atoms with Gasteiger partial charge in [0.25, 0.3) is 0 Å². The number of urea groups is 1. The van der Waals surface area contributed by atoms with Crippen LogP contribution in [0.25, 0.3) is 0 Å². The van der Waals surface area contributed by atoms with Crippen LogP contribution < -0.4 is 10.2 Å². The molecule has 0 spiro atoms. The van der Waals surface area contributed by atoms with E-state index in [1.165, 1.54) is 9.80 Å². The zero-order valence-electron chi connectivity index (χ0n) is 20.5. The number of fused-ring (bicyclic) bond motifs is 1. The van der Waals surface area contributed by atoms with Gasteiger partial charge in [-0.1, -0.05) is 0 Å². The molecule has 3 aliphatic rings. The Morgan fingerprint density at radius 3 is 2.51 bits per heavy atom. The van der Waals surface area contributed by atoms with Gasteiger partial charge in [-0.05, 0) is 13.8 Å². The molecule has 2 saturated heterocycles. The molecule has 37 heavy (non-hydrogen) atoms. The average Bonchev–Trinajstić information content (AvgIpc) is 3.41. The van der Waals surface area contributed by atoms with Crippen LogP contribution in [0.3, 0.4) is 0 Å². The summed E-state index contributed by atoms with van der Waals surface area (Å²) in [5, 5.41) is 6.80. The van der Waals surface area contributed by atoms with Crippen molar-refractivity contribution in [2.24, 2.45) is 5.41 Å². The number of ether oxygens (including phenoxy) is 1. The fourth-order valence-electron chi connectivity index (χ4n) is 5.14. The minimum absolute atomic E-state index is 0.0517. The Bertz CT molecular complexity index is 1240. The maximum atomic E-state index is 13.6. The van der Waals surface area contributed by atoms with Gasteiger partial charge in [-0.2, -0.15) is 5.10 Å². The second-order valence-electron chi connectivity index (χ2n) is 9.94. The number of aromatic nitrogens is 2. The summed E-state index contributed by atoms with van der Waals surface area (Å²) in [5.74, 6) is -4.76. The summed E-state index contributed by atoms with van der Waals surface area (Å²) >= 11 is 0. The summed E-state index contributed by atoms with van der Waals surface area (Å²) in [7, 11) is 0. The smallest absolute Gasteiger partial charge is 0.322 e. The van der Waals surface area contributed by atoms with Crippen LogP contribution in [0.5, 0.6) is 0 Å². The molecule has 2 fully saturated rings. The van der Waals surface area contributed by atoms with Crippen LogP contribution in [0.2, 0.25) is 0 Å². The van der Waals surface area contributed by atoms with Gasteiger partial charge in [-0.25, -0.2) is 18.0 Å². The number of nitrogens with zero attached hydrogens (tertiary/aromatic N) is 5. The second-order valence-corrected chi connectivity index (χ2v) is 9.94. The number of hydrogen-bond acceptors (Lipinski definition) is 5. The predicted octanol–water partition coefficient (Wildman–Crippen LogP) is 2.34. The number of anilines is 2. The zero-order valence-corrected chi connectivity index (χ0v) is 20.5. The number of rotatable bonds is 3. The molecule has 10 nitrogen and oxygen atoms in total. The predicted molar refractivity (Wildman–Crippen MR) is 125 cm³/mol. The first-order chi connectivity index (χ1) is 17.6. The van der Waals surface area contributed by atoms with E-state index in [1.807, 2.05) is 0 Å². The van der Waals surface area contributed by atoms with Crippen LogP contribution in [0.4, 0.5) is 29.3 Å². The highest BCUT2D eigenvalue weighted by molar-refractivity contribution is 6.02. The minimum atomic E-state index is -1.62. The summed E-state index contributed by atoms with van der Waals surface area (Å²) in [4.78, 5) is 44.0. The molecule has 4 heterocycles. The van der Waals surface area contributed by atoms with Crippen LogP contribution in [-0.2, 0) is 27.4 Å². The zero-order chi connectivity index (χ0) is 26.5. The molecule has 5 rings (SSSR count). The number of amides is 4. The van der Waals surface area contributed by atoms with Gasteiger partial charge in [0.05, 0.1) is 55.3 Å². The number of nitrogens with one attached hydrogen (secondary N) is 1. The molecule has 3 aliphatic heterocycles. The number of carbonyl (C=O) groups is 3. The lowest BCUT2D eigenvalue weighted by Crippen LogP contribution is -2.49. The first kappa shape index (κ1) is 25.1. The van der Waals surface area contributed by atoms with Gasteiger partial charge in [0.15, 0.2) is 17.5 Å². The van der Waals surface area contributed by atoms with Gasteiger partial charge in [-0.15, -0.1) is 0 Å². The number of morpholine rings is 1. The van der Waals surface area contributed by atoms with E-state index in [-0.39, 0.29) is 43.1 Å². The maximum absolute atomic E-state index is 13.6. The number of hydrogen-bond donors (Lipinski definition) is 1. The van der Waals surface area contributed by atoms with Crippen molar-refractivity contribution in [2.75, 3.05) is 43.1 Å². The van der Waals surface area contributed by atoms with Crippen LogP contribution in [0, 0.1) is 22.9 Å². The molecule has 1 aromatic heterocycles. The van der Waals surface area contributed by atoms with Gasteiger partial charge in [0.1, 0.15) is 0 Å². The summed E-state index contributed by atoms with van der Waals surface area (Å²) < 4.78 is 47.5. The van der Waals surface area contributed by atoms with E-state index < -0.39 is 28.9 Å². The molecule has 1 N–H and O–H groups in total. The SMILES string of the molecule is C[C@H]1Cn2ncc(N3CC(C)(C(=O)N4CCOCC4)CC3=O)c2CN1C(=O)Nc1cc(F)c(F)c(F)c1. The molecule has 1 aromatic carbocycles. The lowest BCUT2D eigenvalue weighted by atomic mass is 9.87. The standard InChI is InChI=1S/C24H27F3N6O4/c1-14-11-33-19(12-31(14)23(36)29-15-7-16(25)21(27)17(26)8-15)18(10-28-33)32-13-24(2,9-20(32)34)22(35)30-3-5-37-6-4-30/h7-8,10,14H,3-6,9,11-13H2,1-2H3,(H,29,36)/t14-,24?/m0/s1. The van der Waals surface area contributed by atoms with Crippen molar-refractivity contribution in [3.8, 4) is 0 Å². The fourth-order valence-corrected chi connectivity index (χ4v) is 5.14. The molecule has 4 amide bonds. The third-order valence-corrected chi connectivity index (χ3v) is 7.17. The van der Waals surface area contributed by atoms with E-state index in [4.69, 9.17) is 4.74 Å². The minimum Gasteiger partial charge on any atom is -0.378 e. The van der Waals surface area contributed by atoms with E-state index in [2.05, 4.69) is 10.4 Å². The van der Waals surface area contributed by atoms with Crippen LogP contribution >= 0.6 is 0 Å². The van der Waals surface area contributed by atoms with Crippen molar-refractivity contribution in [3.63, 3.8) is 0 Å². The molecular formula is C24H27F3N6O4. The van der Waals surface area contributed by atoms with Crippen molar-refractivity contribution < 1.29 is 32.3 Å². The van der Waals surface area contributed by atoms with Crippen LogP contribution in [0.1, 0.15) is 26.0 Å². The van der Waals surface area contributed by atoms with Gasteiger partial charge >= 0.3 is 6.03 Å². The lowest BCUT2D eigenvalue weighted by molar-refractivity contribution is -0.145. The molecule has 2 aromatic rings. The van der Waals surface area contributed by atoms with Crippen molar-refractivity contribution in [2.45, 2.75) is 39.4 Å². The Morgan fingerprint density at radius 2 is 1.84 bits per heavy atom. The molecule has 13 heteroatoms. The summed E-state index contributed by atoms with van der Waals surface area (Å²) in [6.45, 7) is 6.01. The fraction of sp³-hybridized carbons (Fsp3) is 0.500. The maximum Gasteiger partial charge on any atom is 0.322 e. The molecule has 0 saturated carbocycles. The number of halogens is 3. The van der Waals surface area contributed by atoms with E-state index in [1.54, 1.807) is 29.6 Å². The largest absolute Gasteiger partial charge is 0.378 e. The Labute approximate surface area is 210 Å². The third kappa shape index (κ3) is 4.52. The van der Waals surface area contributed by atoms with Gasteiger partial charge in [-0.3, -0.25) is 14.3 Å². The van der Waals surface area contributed by atoms with Gasteiger partial charge < -0.3 is 24.8 Å². The van der Waals surface area contributed by atoms with Gasteiger partial charge in [0, 0.05) is 43.9 Å². The molecule has 1 unspecified atom stereocenters. The van der Waals surface area contributed by atoms with Crippen molar-refractivity contribution in [1.29, 1.82) is 0 Å². The molecular weight excluding hydrogens is 493 g/mol. The Hall–Kier alpha value is -3.61. The summed E-state index contributed by atoms with van der Waals surface area (Å²) in [6.07, 6.45) is 1.60. The first-order valence-corrected chi connectivity index (χ1v) is 12.0. The topological polar surface area (TPSA) is 100 Å². The van der Waals surface area contributed by atoms with E-state index in [0.717, 1.165) is 0 Å². The van der Waals surface area contributed by atoms with Crippen molar-refractivity contribution in [1.82, 2.24) is 19.6 Å². The molecule has 198 valence electrons. The quantitative estimate of drug-likeness (QED) is 0.627. The highest BCUT2D eigenvalue weighted by Crippen LogP contribution is 2.38.